The van der Waals surface area contributed by atoms with E-state index in [1.165, 1.54) is 25.2 Å². The first-order chi connectivity index (χ1) is 9.28. The molecule has 0 fully saturated rings. The van der Waals surface area contributed by atoms with Gasteiger partial charge in [0.05, 0.1) is 16.5 Å². The zero-order valence-corrected chi connectivity index (χ0v) is 12.1. The second kappa shape index (κ2) is 6.50. The summed E-state index contributed by atoms with van der Waals surface area (Å²) in [6, 6.07) is 6.27. The summed E-state index contributed by atoms with van der Waals surface area (Å²) in [6.45, 7) is 1.80. The number of nitriles is 1. The number of nitrogens with zero attached hydrogens (tertiary/aromatic N) is 2. The van der Waals surface area contributed by atoms with Crippen LogP contribution in [0.3, 0.4) is 0 Å². The molecule has 20 heavy (non-hydrogen) atoms. The highest BCUT2D eigenvalue weighted by atomic mass is 32.2. The lowest BCUT2D eigenvalue weighted by Gasteiger charge is -2.17. The highest BCUT2D eigenvalue weighted by Crippen LogP contribution is 2.18. The van der Waals surface area contributed by atoms with Crippen LogP contribution < -0.4 is 0 Å². The van der Waals surface area contributed by atoms with Crippen LogP contribution >= 0.6 is 0 Å². The van der Waals surface area contributed by atoms with Crippen LogP contribution in [-0.2, 0) is 14.8 Å². The van der Waals surface area contributed by atoms with Crippen LogP contribution in [0.4, 0.5) is 0 Å². The van der Waals surface area contributed by atoms with E-state index in [0.29, 0.717) is 11.1 Å². The number of carboxylic acids is 1. The molecule has 0 amide bonds. The average molecular weight is 296 g/mol. The zero-order valence-electron chi connectivity index (χ0n) is 11.3. The van der Waals surface area contributed by atoms with Gasteiger partial charge in [-0.15, -0.1) is 0 Å². The molecule has 1 aromatic rings. The summed E-state index contributed by atoms with van der Waals surface area (Å²) in [5.74, 6) is -0.954. The van der Waals surface area contributed by atoms with Crippen molar-refractivity contribution in [2.24, 2.45) is 0 Å². The van der Waals surface area contributed by atoms with Crippen molar-refractivity contribution in [2.45, 2.75) is 24.7 Å². The van der Waals surface area contributed by atoms with Crippen molar-refractivity contribution >= 4 is 16.0 Å². The minimum absolute atomic E-state index is 0.0771. The maximum Gasteiger partial charge on any atom is 0.303 e. The van der Waals surface area contributed by atoms with Gasteiger partial charge < -0.3 is 5.11 Å². The van der Waals surface area contributed by atoms with E-state index in [1.807, 2.05) is 6.07 Å². The summed E-state index contributed by atoms with van der Waals surface area (Å²) < 4.78 is 25.6. The van der Waals surface area contributed by atoms with E-state index in [2.05, 4.69) is 0 Å². The Kier molecular flexibility index (Phi) is 5.25. The van der Waals surface area contributed by atoms with Gasteiger partial charge in [-0.05, 0) is 37.1 Å². The van der Waals surface area contributed by atoms with Gasteiger partial charge in [-0.25, -0.2) is 12.7 Å². The van der Waals surface area contributed by atoms with Crippen molar-refractivity contribution in [3.8, 4) is 6.07 Å². The van der Waals surface area contributed by atoms with Gasteiger partial charge in [0, 0.05) is 20.0 Å². The predicted molar refractivity (Wildman–Crippen MR) is 72.6 cm³/mol. The molecule has 0 unspecified atom stereocenters. The molecule has 108 valence electrons. The van der Waals surface area contributed by atoms with Gasteiger partial charge in [-0.3, -0.25) is 4.79 Å². The number of sulfonamides is 1. The maximum atomic E-state index is 12.3. The number of aryl methyl sites for hydroxylation is 1. The molecule has 0 aliphatic rings. The Morgan fingerprint density at radius 1 is 1.45 bits per heavy atom. The summed E-state index contributed by atoms with van der Waals surface area (Å²) >= 11 is 0. The largest absolute Gasteiger partial charge is 0.481 e. The molecule has 0 heterocycles. The van der Waals surface area contributed by atoms with Crippen LogP contribution in [0.15, 0.2) is 23.1 Å². The lowest BCUT2D eigenvalue weighted by Crippen LogP contribution is -2.28. The first-order valence-corrected chi connectivity index (χ1v) is 7.42. The molecule has 0 aromatic heterocycles. The van der Waals surface area contributed by atoms with Crippen molar-refractivity contribution in [1.82, 2.24) is 4.31 Å². The molecule has 0 aliphatic heterocycles. The Morgan fingerprint density at radius 3 is 2.60 bits per heavy atom. The van der Waals surface area contributed by atoms with Crippen LogP contribution in [-0.4, -0.2) is 37.4 Å². The third-order valence-electron chi connectivity index (χ3n) is 2.89. The SMILES string of the molecule is Cc1cc(S(=O)(=O)N(C)CCCC(=O)O)ccc1C#N. The summed E-state index contributed by atoms with van der Waals surface area (Å²) in [5, 5.41) is 17.4. The summed E-state index contributed by atoms with van der Waals surface area (Å²) in [7, 11) is -2.25. The Hall–Kier alpha value is -1.91. The normalized spacial score (nSPS) is 11.3. The highest BCUT2D eigenvalue weighted by molar-refractivity contribution is 7.89. The fourth-order valence-corrected chi connectivity index (χ4v) is 2.97. The topological polar surface area (TPSA) is 98.5 Å². The molecule has 6 nitrogen and oxygen atoms in total. The number of benzene rings is 1. The van der Waals surface area contributed by atoms with E-state index in [0.717, 1.165) is 4.31 Å². The molecule has 0 spiro atoms. The Labute approximate surface area is 118 Å². The van der Waals surface area contributed by atoms with E-state index < -0.39 is 16.0 Å². The van der Waals surface area contributed by atoms with E-state index in [1.54, 1.807) is 6.92 Å². The maximum absolute atomic E-state index is 12.3. The molecule has 0 bridgehead atoms. The van der Waals surface area contributed by atoms with Crippen LogP contribution in [0.1, 0.15) is 24.0 Å². The molecule has 1 rings (SSSR count). The van der Waals surface area contributed by atoms with Gasteiger partial charge in [-0.1, -0.05) is 0 Å². The molecule has 7 heteroatoms. The molecule has 1 N–H and O–H groups in total. The molecule has 0 saturated heterocycles. The van der Waals surface area contributed by atoms with Gasteiger partial charge in [0.2, 0.25) is 10.0 Å². The third-order valence-corrected chi connectivity index (χ3v) is 4.74. The second-order valence-electron chi connectivity index (χ2n) is 4.41. The number of hydrogen-bond acceptors (Lipinski definition) is 4. The quantitative estimate of drug-likeness (QED) is 0.854. The second-order valence-corrected chi connectivity index (χ2v) is 6.46. The average Bonchev–Trinajstić information content (AvgIpc) is 2.37. The van der Waals surface area contributed by atoms with E-state index >= 15 is 0 Å². The summed E-state index contributed by atoms with van der Waals surface area (Å²) in [6.07, 6.45) is 0.173. The highest BCUT2D eigenvalue weighted by Gasteiger charge is 2.21. The van der Waals surface area contributed by atoms with Crippen molar-refractivity contribution in [1.29, 1.82) is 5.26 Å². The minimum atomic E-state index is -3.65. The number of carbonyl (C=O) groups is 1. The number of carboxylic acid groups (broad SMARTS) is 1. The first-order valence-electron chi connectivity index (χ1n) is 5.98. The third kappa shape index (κ3) is 3.79. The molecule has 0 radical (unpaired) electrons. The smallest absolute Gasteiger partial charge is 0.303 e. The van der Waals surface area contributed by atoms with Gasteiger partial charge in [0.25, 0.3) is 0 Å². The number of hydrogen-bond donors (Lipinski definition) is 1. The first kappa shape index (κ1) is 16.1. The van der Waals surface area contributed by atoms with E-state index in [9.17, 15) is 13.2 Å². The zero-order chi connectivity index (χ0) is 15.3. The van der Waals surface area contributed by atoms with E-state index in [-0.39, 0.29) is 24.3 Å². The Balaban J connectivity index is 2.90. The molecule has 1 aromatic carbocycles. The minimum Gasteiger partial charge on any atom is -0.481 e. The molecule has 0 atom stereocenters. The predicted octanol–water partition coefficient (Wildman–Crippen LogP) is 1.35. The molecular formula is C13H16N2O4S. The van der Waals surface area contributed by atoms with Gasteiger partial charge in [0.1, 0.15) is 0 Å². The van der Waals surface area contributed by atoms with Crippen molar-refractivity contribution in [3.63, 3.8) is 0 Å². The molecular weight excluding hydrogens is 280 g/mol. The van der Waals surface area contributed by atoms with Crippen molar-refractivity contribution in [2.75, 3.05) is 13.6 Å². The fourth-order valence-electron chi connectivity index (χ4n) is 1.68. The van der Waals surface area contributed by atoms with Gasteiger partial charge >= 0.3 is 5.97 Å². The standard InChI is InChI=1S/C13H16N2O4S/c1-10-8-12(6-5-11(10)9-14)20(18,19)15(2)7-3-4-13(16)17/h5-6,8H,3-4,7H2,1-2H3,(H,16,17). The Morgan fingerprint density at radius 2 is 2.10 bits per heavy atom. The summed E-state index contributed by atoms with van der Waals surface area (Å²) in [5.41, 5.74) is 1.02. The van der Waals surface area contributed by atoms with Gasteiger partial charge in [-0.2, -0.15) is 5.26 Å². The summed E-state index contributed by atoms with van der Waals surface area (Å²) in [4.78, 5) is 10.5. The van der Waals surface area contributed by atoms with Crippen molar-refractivity contribution < 1.29 is 18.3 Å². The van der Waals surface area contributed by atoms with Crippen LogP contribution in [0.2, 0.25) is 0 Å². The fraction of sp³-hybridized carbons (Fsp3) is 0.385. The van der Waals surface area contributed by atoms with Crippen LogP contribution in [0, 0.1) is 18.3 Å². The number of rotatable bonds is 6. The number of aliphatic carboxylic acids is 1. The lowest BCUT2D eigenvalue weighted by molar-refractivity contribution is -0.137. The monoisotopic (exact) mass is 296 g/mol. The van der Waals surface area contributed by atoms with Crippen molar-refractivity contribution in [3.05, 3.63) is 29.3 Å². The van der Waals surface area contributed by atoms with E-state index in [4.69, 9.17) is 10.4 Å². The van der Waals surface area contributed by atoms with Gasteiger partial charge in [0.15, 0.2) is 0 Å². The van der Waals surface area contributed by atoms with Crippen LogP contribution in [0.5, 0.6) is 0 Å². The molecule has 0 aliphatic carbocycles. The molecule has 0 saturated carbocycles. The Bertz CT molecular complexity index is 647. The lowest BCUT2D eigenvalue weighted by atomic mass is 10.1. The van der Waals surface area contributed by atoms with Crippen LogP contribution in [0.25, 0.3) is 0 Å².